The van der Waals surface area contributed by atoms with Crippen LogP contribution >= 0.6 is 11.8 Å². The van der Waals surface area contributed by atoms with Crippen molar-refractivity contribution in [2.45, 2.75) is 58.4 Å². The summed E-state index contributed by atoms with van der Waals surface area (Å²) in [5.74, 6) is 0. The fourth-order valence-electron chi connectivity index (χ4n) is 2.67. The van der Waals surface area contributed by atoms with Crippen LogP contribution in [0.2, 0.25) is 0 Å². The number of rotatable bonds is 1. The molecule has 0 spiro atoms. The number of thioether (sulfide) groups is 1. The van der Waals surface area contributed by atoms with Crippen molar-refractivity contribution in [2.24, 2.45) is 5.41 Å². The summed E-state index contributed by atoms with van der Waals surface area (Å²) in [6.07, 6.45) is 2.50. The van der Waals surface area contributed by atoms with Gasteiger partial charge in [-0.1, -0.05) is 44.7 Å². The van der Waals surface area contributed by atoms with Crippen molar-refractivity contribution in [2.75, 3.05) is 0 Å². The van der Waals surface area contributed by atoms with Crippen LogP contribution in [0, 0.1) is 5.41 Å². The van der Waals surface area contributed by atoms with Crippen molar-refractivity contribution in [3.63, 3.8) is 0 Å². The molecule has 1 aliphatic heterocycles. The SMILES string of the molecule is CC(C)(C)NC1C=C(C(C)(C)C)Sc2nc3ccccc3n21. The second-order valence-electron chi connectivity index (χ2n) is 7.98. The highest BCUT2D eigenvalue weighted by atomic mass is 32.2. The number of imidazole rings is 1. The minimum absolute atomic E-state index is 0.0365. The summed E-state index contributed by atoms with van der Waals surface area (Å²) in [7, 11) is 0. The largest absolute Gasteiger partial charge is 0.299 e. The van der Waals surface area contributed by atoms with Crippen LogP contribution in [-0.4, -0.2) is 15.1 Å². The van der Waals surface area contributed by atoms with Gasteiger partial charge in [-0.3, -0.25) is 9.88 Å². The molecule has 0 aliphatic carbocycles. The molecule has 1 unspecified atom stereocenters. The van der Waals surface area contributed by atoms with E-state index in [1.807, 2.05) is 0 Å². The van der Waals surface area contributed by atoms with E-state index in [0.29, 0.717) is 0 Å². The lowest BCUT2D eigenvalue weighted by Crippen LogP contribution is -2.41. The van der Waals surface area contributed by atoms with Crippen molar-refractivity contribution in [3.05, 3.63) is 35.2 Å². The third kappa shape index (κ3) is 2.95. The number of nitrogens with zero attached hydrogens (tertiary/aromatic N) is 2. The number of para-hydroxylation sites is 2. The highest BCUT2D eigenvalue weighted by Crippen LogP contribution is 2.45. The topological polar surface area (TPSA) is 29.9 Å². The molecule has 0 saturated heterocycles. The maximum Gasteiger partial charge on any atom is 0.175 e. The summed E-state index contributed by atoms with van der Waals surface area (Å²) in [5.41, 5.74) is 2.42. The normalized spacial score (nSPS) is 19.2. The molecule has 4 heteroatoms. The fourth-order valence-corrected chi connectivity index (χ4v) is 3.82. The van der Waals surface area contributed by atoms with Crippen LogP contribution in [0.4, 0.5) is 0 Å². The molecule has 1 aromatic carbocycles. The van der Waals surface area contributed by atoms with E-state index in [1.54, 1.807) is 11.8 Å². The molecule has 3 rings (SSSR count). The van der Waals surface area contributed by atoms with Crippen molar-refractivity contribution in [1.82, 2.24) is 14.9 Å². The molecule has 1 N–H and O–H groups in total. The summed E-state index contributed by atoms with van der Waals surface area (Å²) in [6, 6.07) is 8.38. The molecule has 0 fully saturated rings. The molecular formula is C18H25N3S. The van der Waals surface area contributed by atoms with Crippen molar-refractivity contribution >= 4 is 22.8 Å². The first-order valence-electron chi connectivity index (χ1n) is 7.80. The van der Waals surface area contributed by atoms with Crippen LogP contribution in [0.3, 0.4) is 0 Å². The molecule has 1 aromatic heterocycles. The van der Waals surface area contributed by atoms with Crippen molar-refractivity contribution < 1.29 is 0 Å². The molecule has 0 bridgehead atoms. The molecule has 118 valence electrons. The van der Waals surface area contributed by atoms with Gasteiger partial charge in [-0.25, -0.2) is 4.98 Å². The second kappa shape index (κ2) is 5.14. The highest BCUT2D eigenvalue weighted by molar-refractivity contribution is 8.03. The predicted molar refractivity (Wildman–Crippen MR) is 95.1 cm³/mol. The Morgan fingerprint density at radius 3 is 2.41 bits per heavy atom. The zero-order valence-corrected chi connectivity index (χ0v) is 15.1. The van der Waals surface area contributed by atoms with E-state index < -0.39 is 0 Å². The van der Waals surface area contributed by atoms with Crippen LogP contribution in [0.25, 0.3) is 11.0 Å². The van der Waals surface area contributed by atoms with Crippen LogP contribution in [0.1, 0.15) is 47.7 Å². The molecule has 1 aliphatic rings. The molecule has 0 radical (unpaired) electrons. The molecular weight excluding hydrogens is 290 g/mol. The van der Waals surface area contributed by atoms with Gasteiger partial charge in [0.1, 0.15) is 6.17 Å². The van der Waals surface area contributed by atoms with E-state index in [9.17, 15) is 0 Å². The lowest BCUT2D eigenvalue weighted by Gasteiger charge is -2.34. The number of benzene rings is 1. The molecule has 0 saturated carbocycles. The maximum absolute atomic E-state index is 4.84. The van der Waals surface area contributed by atoms with Gasteiger partial charge in [0.15, 0.2) is 5.16 Å². The Morgan fingerprint density at radius 2 is 1.77 bits per heavy atom. The van der Waals surface area contributed by atoms with E-state index >= 15 is 0 Å². The van der Waals surface area contributed by atoms with Gasteiger partial charge >= 0.3 is 0 Å². The lowest BCUT2D eigenvalue weighted by atomic mass is 9.95. The summed E-state index contributed by atoms with van der Waals surface area (Å²) < 4.78 is 2.32. The summed E-state index contributed by atoms with van der Waals surface area (Å²) in [6.45, 7) is 13.4. The minimum atomic E-state index is 0.0365. The van der Waals surface area contributed by atoms with E-state index in [2.05, 4.69) is 81.8 Å². The van der Waals surface area contributed by atoms with Crippen LogP contribution < -0.4 is 5.32 Å². The van der Waals surface area contributed by atoms with E-state index in [-0.39, 0.29) is 17.1 Å². The Balaban J connectivity index is 2.15. The zero-order valence-electron chi connectivity index (χ0n) is 14.3. The third-order valence-corrected chi connectivity index (χ3v) is 5.11. The predicted octanol–water partition coefficient (Wildman–Crippen LogP) is 4.96. The lowest BCUT2D eigenvalue weighted by molar-refractivity contribution is 0.328. The fraction of sp³-hybridized carbons (Fsp3) is 0.500. The maximum atomic E-state index is 4.84. The van der Waals surface area contributed by atoms with E-state index in [4.69, 9.17) is 4.98 Å². The number of hydrogen-bond acceptors (Lipinski definition) is 3. The minimum Gasteiger partial charge on any atom is -0.299 e. The second-order valence-corrected chi connectivity index (χ2v) is 8.98. The van der Waals surface area contributed by atoms with Crippen LogP contribution in [-0.2, 0) is 0 Å². The number of fused-ring (bicyclic) bond motifs is 3. The number of nitrogens with one attached hydrogen (secondary N) is 1. The highest BCUT2D eigenvalue weighted by Gasteiger charge is 2.31. The van der Waals surface area contributed by atoms with E-state index in [1.165, 1.54) is 10.4 Å². The summed E-state index contributed by atoms with van der Waals surface area (Å²) in [4.78, 5) is 6.21. The third-order valence-electron chi connectivity index (χ3n) is 3.67. The zero-order chi connectivity index (χ0) is 16.1. The Kier molecular flexibility index (Phi) is 3.65. The Morgan fingerprint density at radius 1 is 1.09 bits per heavy atom. The van der Waals surface area contributed by atoms with Gasteiger partial charge in [0.2, 0.25) is 0 Å². The van der Waals surface area contributed by atoms with Gasteiger partial charge < -0.3 is 0 Å². The quantitative estimate of drug-likeness (QED) is 0.806. The first kappa shape index (κ1) is 15.6. The molecule has 2 aromatic rings. The van der Waals surface area contributed by atoms with Crippen molar-refractivity contribution in [3.8, 4) is 0 Å². The standard InChI is InChI=1S/C18H25N3S/c1-17(2,3)14-11-15(20-18(4,5)6)21-13-10-8-7-9-12(13)19-16(21)22-14/h7-11,15,20H,1-6H3. The van der Waals surface area contributed by atoms with Gasteiger partial charge in [0.05, 0.1) is 11.0 Å². The van der Waals surface area contributed by atoms with Gasteiger partial charge in [0, 0.05) is 5.54 Å². The molecule has 2 heterocycles. The Labute approximate surface area is 137 Å². The van der Waals surface area contributed by atoms with Gasteiger partial charge in [-0.2, -0.15) is 0 Å². The average molecular weight is 315 g/mol. The van der Waals surface area contributed by atoms with Crippen molar-refractivity contribution in [1.29, 1.82) is 0 Å². The Bertz CT molecular complexity index is 729. The van der Waals surface area contributed by atoms with E-state index in [0.717, 1.165) is 10.7 Å². The molecule has 22 heavy (non-hydrogen) atoms. The van der Waals surface area contributed by atoms with Gasteiger partial charge in [-0.05, 0) is 49.3 Å². The van der Waals surface area contributed by atoms with Crippen LogP contribution in [0.15, 0.2) is 40.4 Å². The van der Waals surface area contributed by atoms with Crippen LogP contribution in [0.5, 0.6) is 0 Å². The first-order valence-corrected chi connectivity index (χ1v) is 8.62. The number of hydrogen-bond donors (Lipinski definition) is 1. The molecule has 0 amide bonds. The Hall–Kier alpha value is -1.26. The first-order chi connectivity index (χ1) is 10.1. The smallest absolute Gasteiger partial charge is 0.175 e. The molecule has 3 nitrogen and oxygen atoms in total. The summed E-state index contributed by atoms with van der Waals surface area (Å²) in [5, 5.41) is 4.81. The van der Waals surface area contributed by atoms with Gasteiger partial charge in [-0.15, -0.1) is 0 Å². The summed E-state index contributed by atoms with van der Waals surface area (Å²) >= 11 is 1.79. The molecule has 1 atom stereocenters. The monoisotopic (exact) mass is 315 g/mol. The number of allylic oxidation sites excluding steroid dienone is 1. The number of aromatic nitrogens is 2. The average Bonchev–Trinajstić information content (AvgIpc) is 2.74. The van der Waals surface area contributed by atoms with Gasteiger partial charge in [0.25, 0.3) is 0 Å².